The lowest BCUT2D eigenvalue weighted by Crippen LogP contribution is -2.44. The van der Waals surface area contributed by atoms with Crippen molar-refractivity contribution in [2.45, 2.75) is 73.6 Å². The van der Waals surface area contributed by atoms with Gasteiger partial charge in [-0.05, 0) is 35.5 Å². The van der Waals surface area contributed by atoms with Crippen molar-refractivity contribution in [3.63, 3.8) is 0 Å². The summed E-state index contributed by atoms with van der Waals surface area (Å²) in [6, 6.07) is 0. The Kier molecular flexibility index (Phi) is 3.90. The second kappa shape index (κ2) is 4.47. The molecule has 0 radical (unpaired) electrons. The van der Waals surface area contributed by atoms with Gasteiger partial charge in [0.15, 0.2) is 0 Å². The fourth-order valence-electron chi connectivity index (χ4n) is 3.65. The van der Waals surface area contributed by atoms with Crippen LogP contribution in [-0.4, -0.2) is 0 Å². The van der Waals surface area contributed by atoms with Crippen molar-refractivity contribution < 1.29 is 0 Å². The van der Waals surface area contributed by atoms with Crippen LogP contribution in [0.3, 0.4) is 0 Å². The number of rotatable bonds is 2. The van der Waals surface area contributed by atoms with E-state index in [0.29, 0.717) is 10.8 Å². The molecular weight excluding hydrogens is 180 g/mol. The van der Waals surface area contributed by atoms with Crippen molar-refractivity contribution in [3.8, 4) is 0 Å². The van der Waals surface area contributed by atoms with Gasteiger partial charge in [-0.15, -0.1) is 0 Å². The summed E-state index contributed by atoms with van der Waals surface area (Å²) >= 11 is 0. The highest BCUT2D eigenvalue weighted by Gasteiger charge is 2.45. The Morgan fingerprint density at radius 2 is 1.33 bits per heavy atom. The third-order valence-corrected chi connectivity index (χ3v) is 5.27. The van der Waals surface area contributed by atoms with Gasteiger partial charge in [-0.1, -0.05) is 60.8 Å². The molecule has 0 heteroatoms. The lowest BCUT2D eigenvalue weighted by atomic mass is 9.53. The van der Waals surface area contributed by atoms with E-state index in [-0.39, 0.29) is 0 Å². The first-order chi connectivity index (χ1) is 6.80. The van der Waals surface area contributed by atoms with Crippen LogP contribution >= 0.6 is 0 Å². The summed E-state index contributed by atoms with van der Waals surface area (Å²) in [5.74, 6) is 1.74. The van der Waals surface area contributed by atoms with Crippen molar-refractivity contribution in [1.82, 2.24) is 0 Å². The van der Waals surface area contributed by atoms with Gasteiger partial charge in [0.25, 0.3) is 0 Å². The van der Waals surface area contributed by atoms with Gasteiger partial charge in [0, 0.05) is 0 Å². The molecule has 1 fully saturated rings. The standard InChI is InChI=1S/C15H30/c1-12(2)15(6,14(3,4)5)13-10-8-7-9-11-13/h12-13H,7-11H2,1-6H3/t15-/m0/s1. The Hall–Kier alpha value is 0. The van der Waals surface area contributed by atoms with Crippen LogP contribution in [0.15, 0.2) is 0 Å². The van der Waals surface area contributed by atoms with E-state index in [1.165, 1.54) is 32.1 Å². The SMILES string of the molecule is CC(C)[C@@](C)(C1CCCCC1)C(C)(C)C. The van der Waals surface area contributed by atoms with Crippen molar-refractivity contribution >= 4 is 0 Å². The van der Waals surface area contributed by atoms with E-state index in [1.807, 2.05) is 0 Å². The van der Waals surface area contributed by atoms with Crippen LogP contribution in [0.2, 0.25) is 0 Å². The zero-order valence-corrected chi connectivity index (χ0v) is 11.7. The third kappa shape index (κ3) is 2.40. The molecule has 1 rings (SSSR count). The second-order valence-corrected chi connectivity index (χ2v) is 7.02. The molecule has 0 aromatic heterocycles. The first-order valence-corrected chi connectivity index (χ1v) is 6.80. The van der Waals surface area contributed by atoms with Gasteiger partial charge in [-0.3, -0.25) is 0 Å². The van der Waals surface area contributed by atoms with E-state index in [2.05, 4.69) is 41.5 Å². The Balaban J connectivity index is 2.89. The summed E-state index contributed by atoms with van der Waals surface area (Å²) in [6.07, 6.45) is 7.32. The van der Waals surface area contributed by atoms with Gasteiger partial charge in [-0.25, -0.2) is 0 Å². The number of hydrogen-bond donors (Lipinski definition) is 0. The minimum atomic E-state index is 0.434. The third-order valence-electron chi connectivity index (χ3n) is 5.27. The van der Waals surface area contributed by atoms with Crippen molar-refractivity contribution in [2.75, 3.05) is 0 Å². The molecule has 0 N–H and O–H groups in total. The first kappa shape index (κ1) is 13.1. The van der Waals surface area contributed by atoms with E-state index < -0.39 is 0 Å². The first-order valence-electron chi connectivity index (χ1n) is 6.80. The van der Waals surface area contributed by atoms with E-state index in [1.54, 1.807) is 0 Å². The quantitative estimate of drug-likeness (QED) is 0.582. The predicted molar refractivity (Wildman–Crippen MR) is 69.0 cm³/mol. The molecule has 1 atom stereocenters. The van der Waals surface area contributed by atoms with Crippen LogP contribution in [0.1, 0.15) is 73.6 Å². The predicted octanol–water partition coefficient (Wildman–Crippen LogP) is 5.28. The molecule has 0 amide bonds. The van der Waals surface area contributed by atoms with Gasteiger partial charge < -0.3 is 0 Å². The van der Waals surface area contributed by atoms with Crippen LogP contribution in [0, 0.1) is 22.7 Å². The Labute approximate surface area is 96.8 Å². The topological polar surface area (TPSA) is 0 Å². The van der Waals surface area contributed by atoms with Gasteiger partial charge in [0.1, 0.15) is 0 Å². The molecule has 0 aliphatic heterocycles. The summed E-state index contributed by atoms with van der Waals surface area (Å²) in [6.45, 7) is 14.7. The molecule has 0 bridgehead atoms. The van der Waals surface area contributed by atoms with E-state index in [0.717, 1.165) is 11.8 Å². The zero-order chi connectivity index (χ0) is 11.7. The fourth-order valence-corrected chi connectivity index (χ4v) is 3.65. The maximum Gasteiger partial charge on any atom is -0.0226 e. The molecule has 0 aromatic carbocycles. The summed E-state index contributed by atoms with van der Waals surface area (Å²) < 4.78 is 0. The zero-order valence-electron chi connectivity index (χ0n) is 11.7. The second-order valence-electron chi connectivity index (χ2n) is 7.02. The minimum absolute atomic E-state index is 0.434. The molecule has 0 unspecified atom stereocenters. The summed E-state index contributed by atoms with van der Waals surface area (Å²) in [5, 5.41) is 0. The lowest BCUT2D eigenvalue weighted by molar-refractivity contribution is -0.0299. The Bertz CT molecular complexity index is 191. The maximum absolute atomic E-state index is 2.54. The van der Waals surface area contributed by atoms with Crippen molar-refractivity contribution in [3.05, 3.63) is 0 Å². The summed E-state index contributed by atoms with van der Waals surface area (Å²) in [7, 11) is 0. The summed E-state index contributed by atoms with van der Waals surface area (Å²) in [5.41, 5.74) is 0.941. The molecule has 15 heavy (non-hydrogen) atoms. The average Bonchev–Trinajstić information content (AvgIpc) is 2.16. The smallest absolute Gasteiger partial charge is 0.0226 e. The van der Waals surface area contributed by atoms with E-state index >= 15 is 0 Å². The average molecular weight is 210 g/mol. The molecule has 0 heterocycles. The van der Waals surface area contributed by atoms with Crippen LogP contribution in [-0.2, 0) is 0 Å². The number of hydrogen-bond acceptors (Lipinski definition) is 0. The monoisotopic (exact) mass is 210 g/mol. The molecule has 1 aliphatic carbocycles. The Morgan fingerprint density at radius 1 is 0.867 bits per heavy atom. The van der Waals surface area contributed by atoms with E-state index in [9.17, 15) is 0 Å². The van der Waals surface area contributed by atoms with Crippen LogP contribution < -0.4 is 0 Å². The van der Waals surface area contributed by atoms with Crippen LogP contribution in [0.5, 0.6) is 0 Å². The highest BCUT2D eigenvalue weighted by atomic mass is 14.5. The highest BCUT2D eigenvalue weighted by molar-refractivity contribution is 4.95. The summed E-state index contributed by atoms with van der Waals surface area (Å²) in [4.78, 5) is 0. The molecule has 1 aliphatic rings. The molecule has 1 saturated carbocycles. The van der Waals surface area contributed by atoms with E-state index in [4.69, 9.17) is 0 Å². The molecule has 90 valence electrons. The molecule has 0 saturated heterocycles. The van der Waals surface area contributed by atoms with Gasteiger partial charge in [0.05, 0.1) is 0 Å². The molecule has 0 nitrogen and oxygen atoms in total. The largest absolute Gasteiger partial charge is 0.0622 e. The van der Waals surface area contributed by atoms with Gasteiger partial charge in [0.2, 0.25) is 0 Å². The molecular formula is C15H30. The minimum Gasteiger partial charge on any atom is -0.0622 e. The van der Waals surface area contributed by atoms with Gasteiger partial charge in [-0.2, -0.15) is 0 Å². The highest BCUT2D eigenvalue weighted by Crippen LogP contribution is 2.54. The van der Waals surface area contributed by atoms with Gasteiger partial charge >= 0.3 is 0 Å². The van der Waals surface area contributed by atoms with Crippen LogP contribution in [0.4, 0.5) is 0 Å². The van der Waals surface area contributed by atoms with Crippen molar-refractivity contribution in [1.29, 1.82) is 0 Å². The molecule has 0 spiro atoms. The van der Waals surface area contributed by atoms with Crippen LogP contribution in [0.25, 0.3) is 0 Å². The fraction of sp³-hybridized carbons (Fsp3) is 1.00. The Morgan fingerprint density at radius 3 is 1.67 bits per heavy atom. The lowest BCUT2D eigenvalue weighted by Gasteiger charge is -2.52. The normalized spacial score (nSPS) is 24.2. The maximum atomic E-state index is 2.54. The molecule has 0 aromatic rings. The van der Waals surface area contributed by atoms with Crippen molar-refractivity contribution in [2.24, 2.45) is 22.7 Å².